The van der Waals surface area contributed by atoms with Crippen LogP contribution in [-0.2, 0) is 20.9 Å². The number of benzene rings is 2. The number of esters is 1. The third-order valence-electron chi connectivity index (χ3n) is 3.01. The summed E-state index contributed by atoms with van der Waals surface area (Å²) in [7, 11) is 0. The van der Waals surface area contributed by atoms with Crippen LogP contribution in [-0.4, -0.2) is 25.0 Å². The molecule has 2 aromatic carbocycles. The van der Waals surface area contributed by atoms with Crippen molar-refractivity contribution in [2.24, 2.45) is 0 Å². The van der Waals surface area contributed by atoms with Gasteiger partial charge in [-0.3, -0.25) is 9.59 Å². The largest absolute Gasteiger partial charge is 0.493 e. The average molecular weight is 313 g/mol. The third-order valence-corrected chi connectivity index (χ3v) is 3.01. The molecule has 0 aromatic heterocycles. The average Bonchev–Trinajstić information content (AvgIpc) is 2.60. The Balaban J connectivity index is 1.57. The minimum atomic E-state index is -0.466. The van der Waals surface area contributed by atoms with Crippen molar-refractivity contribution < 1.29 is 19.1 Å². The van der Waals surface area contributed by atoms with E-state index in [2.05, 4.69) is 5.32 Å². The van der Waals surface area contributed by atoms with Gasteiger partial charge in [-0.15, -0.1) is 0 Å². The van der Waals surface area contributed by atoms with E-state index in [9.17, 15) is 9.59 Å². The molecule has 0 heterocycles. The molecule has 5 heteroatoms. The van der Waals surface area contributed by atoms with E-state index in [1.807, 2.05) is 60.7 Å². The molecule has 0 spiro atoms. The minimum absolute atomic E-state index is 0.142. The van der Waals surface area contributed by atoms with Crippen LogP contribution < -0.4 is 10.1 Å². The number of amides is 1. The minimum Gasteiger partial charge on any atom is -0.493 e. The molecule has 0 atom stereocenters. The van der Waals surface area contributed by atoms with Crippen LogP contribution in [0.25, 0.3) is 0 Å². The predicted octanol–water partition coefficient (Wildman–Crippen LogP) is 2.32. The fraction of sp³-hybridized carbons (Fsp3) is 0.222. The van der Waals surface area contributed by atoms with Crippen molar-refractivity contribution in [1.82, 2.24) is 5.32 Å². The monoisotopic (exact) mass is 313 g/mol. The Labute approximate surface area is 135 Å². The lowest BCUT2D eigenvalue weighted by Gasteiger charge is -2.08. The number of para-hydroxylation sites is 1. The molecule has 1 amide bonds. The Bertz CT molecular complexity index is 613. The van der Waals surface area contributed by atoms with Crippen LogP contribution in [0.3, 0.4) is 0 Å². The Morgan fingerprint density at radius 2 is 1.57 bits per heavy atom. The smallest absolute Gasteiger partial charge is 0.325 e. The Hall–Kier alpha value is -2.82. The number of hydrogen-bond donors (Lipinski definition) is 1. The van der Waals surface area contributed by atoms with Crippen molar-refractivity contribution >= 4 is 11.9 Å². The molecule has 2 rings (SSSR count). The molecule has 120 valence electrons. The molecule has 0 aliphatic heterocycles. The molecule has 0 saturated carbocycles. The molecule has 1 N–H and O–H groups in total. The van der Waals surface area contributed by atoms with Gasteiger partial charge in [0.1, 0.15) is 18.9 Å². The second-order valence-corrected chi connectivity index (χ2v) is 4.83. The van der Waals surface area contributed by atoms with Crippen LogP contribution in [0.5, 0.6) is 5.75 Å². The number of rotatable bonds is 8. The fourth-order valence-electron chi connectivity index (χ4n) is 1.83. The lowest BCUT2D eigenvalue weighted by molar-refractivity contribution is -0.145. The normalized spacial score (nSPS) is 9.91. The zero-order chi connectivity index (χ0) is 16.3. The topological polar surface area (TPSA) is 64.6 Å². The lowest BCUT2D eigenvalue weighted by atomic mass is 10.2. The third kappa shape index (κ3) is 6.65. The van der Waals surface area contributed by atoms with Crippen molar-refractivity contribution in [2.45, 2.75) is 13.0 Å². The highest BCUT2D eigenvalue weighted by atomic mass is 16.5. The predicted molar refractivity (Wildman–Crippen MR) is 85.8 cm³/mol. The molecule has 5 nitrogen and oxygen atoms in total. The summed E-state index contributed by atoms with van der Waals surface area (Å²) < 4.78 is 10.5. The van der Waals surface area contributed by atoms with Crippen molar-refractivity contribution in [3.05, 3.63) is 66.2 Å². The van der Waals surface area contributed by atoms with Crippen LogP contribution in [0.4, 0.5) is 0 Å². The summed E-state index contributed by atoms with van der Waals surface area (Å²) in [5.74, 6) is -0.00801. The number of hydrogen-bond acceptors (Lipinski definition) is 4. The van der Waals surface area contributed by atoms with Crippen LogP contribution in [0.1, 0.15) is 12.0 Å². The van der Waals surface area contributed by atoms with Gasteiger partial charge in [0.2, 0.25) is 5.91 Å². The molecule has 0 bridgehead atoms. The Kier molecular flexibility index (Phi) is 6.65. The van der Waals surface area contributed by atoms with E-state index >= 15 is 0 Å². The summed E-state index contributed by atoms with van der Waals surface area (Å²) in [6.45, 7) is 0.318. The van der Waals surface area contributed by atoms with E-state index in [0.29, 0.717) is 5.75 Å². The van der Waals surface area contributed by atoms with Crippen LogP contribution in [0.15, 0.2) is 60.7 Å². The lowest BCUT2D eigenvalue weighted by Crippen LogP contribution is -2.31. The van der Waals surface area contributed by atoms with E-state index < -0.39 is 5.97 Å². The molecule has 0 aliphatic rings. The maximum Gasteiger partial charge on any atom is 0.325 e. The van der Waals surface area contributed by atoms with Gasteiger partial charge in [0.15, 0.2) is 0 Å². The summed E-state index contributed by atoms with van der Waals surface area (Å²) in [5, 5.41) is 2.51. The molecule has 0 fully saturated rings. The quantitative estimate of drug-likeness (QED) is 0.760. The summed E-state index contributed by atoms with van der Waals surface area (Å²) >= 11 is 0. The molecular weight excluding hydrogens is 294 g/mol. The van der Waals surface area contributed by atoms with Crippen molar-refractivity contribution in [3.8, 4) is 5.75 Å². The summed E-state index contributed by atoms with van der Waals surface area (Å²) in [6.07, 6.45) is 0.181. The SMILES string of the molecule is O=C(CCOc1ccccc1)NCC(=O)OCc1ccccc1. The summed E-state index contributed by atoms with van der Waals surface area (Å²) in [6, 6.07) is 18.6. The van der Waals surface area contributed by atoms with Gasteiger partial charge in [0, 0.05) is 0 Å². The highest BCUT2D eigenvalue weighted by Gasteiger charge is 2.07. The van der Waals surface area contributed by atoms with E-state index in [0.717, 1.165) is 5.56 Å². The van der Waals surface area contributed by atoms with Crippen molar-refractivity contribution in [1.29, 1.82) is 0 Å². The first kappa shape index (κ1) is 16.5. The van der Waals surface area contributed by atoms with E-state index in [-0.39, 0.29) is 32.1 Å². The molecule has 0 radical (unpaired) electrons. The number of nitrogens with one attached hydrogen (secondary N) is 1. The maximum atomic E-state index is 11.6. The maximum absolute atomic E-state index is 11.6. The second-order valence-electron chi connectivity index (χ2n) is 4.83. The highest BCUT2D eigenvalue weighted by Crippen LogP contribution is 2.08. The highest BCUT2D eigenvalue weighted by molar-refractivity contribution is 5.81. The zero-order valence-corrected chi connectivity index (χ0v) is 12.7. The van der Waals surface area contributed by atoms with Gasteiger partial charge in [-0.2, -0.15) is 0 Å². The first-order chi connectivity index (χ1) is 11.2. The Morgan fingerprint density at radius 3 is 2.26 bits per heavy atom. The van der Waals surface area contributed by atoms with Gasteiger partial charge in [-0.25, -0.2) is 0 Å². The van der Waals surface area contributed by atoms with E-state index in [1.54, 1.807) is 0 Å². The van der Waals surface area contributed by atoms with Crippen molar-refractivity contribution in [2.75, 3.05) is 13.2 Å². The molecule has 0 saturated heterocycles. The van der Waals surface area contributed by atoms with Gasteiger partial charge in [-0.05, 0) is 17.7 Å². The zero-order valence-electron chi connectivity index (χ0n) is 12.7. The molecule has 23 heavy (non-hydrogen) atoms. The molecule has 2 aromatic rings. The molecule has 0 aliphatic carbocycles. The van der Waals surface area contributed by atoms with Gasteiger partial charge >= 0.3 is 5.97 Å². The Morgan fingerprint density at radius 1 is 0.913 bits per heavy atom. The number of carbonyl (C=O) groups excluding carboxylic acids is 2. The van der Waals surface area contributed by atoms with Crippen LogP contribution in [0, 0.1) is 0 Å². The van der Waals surface area contributed by atoms with Crippen LogP contribution in [0.2, 0.25) is 0 Å². The van der Waals surface area contributed by atoms with E-state index in [1.165, 1.54) is 0 Å². The van der Waals surface area contributed by atoms with Crippen molar-refractivity contribution in [3.63, 3.8) is 0 Å². The number of carbonyl (C=O) groups is 2. The van der Waals surface area contributed by atoms with Gasteiger partial charge in [0.05, 0.1) is 13.0 Å². The van der Waals surface area contributed by atoms with Gasteiger partial charge < -0.3 is 14.8 Å². The van der Waals surface area contributed by atoms with E-state index in [4.69, 9.17) is 9.47 Å². The standard InChI is InChI=1S/C18H19NO4/c20-17(11-12-22-16-9-5-2-6-10-16)19-13-18(21)23-14-15-7-3-1-4-8-15/h1-10H,11-14H2,(H,19,20). The van der Waals surface area contributed by atoms with Gasteiger partial charge in [-0.1, -0.05) is 48.5 Å². The molecular formula is C18H19NO4. The fourth-order valence-corrected chi connectivity index (χ4v) is 1.83. The summed E-state index contributed by atoms with van der Waals surface area (Å²) in [5.41, 5.74) is 0.906. The first-order valence-corrected chi connectivity index (χ1v) is 7.38. The first-order valence-electron chi connectivity index (χ1n) is 7.38. The molecule has 0 unspecified atom stereocenters. The van der Waals surface area contributed by atoms with Gasteiger partial charge in [0.25, 0.3) is 0 Å². The van der Waals surface area contributed by atoms with Crippen LogP contribution >= 0.6 is 0 Å². The second kappa shape index (κ2) is 9.25. The number of ether oxygens (including phenoxy) is 2. The summed E-state index contributed by atoms with van der Waals surface area (Å²) in [4.78, 5) is 23.2.